The molecule has 10 N–H and O–H groups in total. The van der Waals surface area contributed by atoms with E-state index >= 15 is 0 Å². The molecule has 1 fully saturated rings. The van der Waals surface area contributed by atoms with E-state index in [4.69, 9.17) is 25.4 Å². The quantitative estimate of drug-likeness (QED) is 0.203. The van der Waals surface area contributed by atoms with Crippen molar-refractivity contribution in [2.24, 2.45) is 5.73 Å². The molecule has 0 aliphatic carbocycles. The number of aliphatic hydroxyl groups excluding tert-OH is 8. The fourth-order valence-electron chi connectivity index (χ4n) is 2.09. The highest BCUT2D eigenvalue weighted by atomic mass is 16.7. The number of hydrogen-bond acceptors (Lipinski definition) is 11. The lowest BCUT2D eigenvalue weighted by molar-refractivity contribution is -0.306. The number of nitrogens with two attached hydrogens (primary N) is 1. The fourth-order valence-corrected chi connectivity index (χ4v) is 2.09. The maximum atomic E-state index is 9.72. The third-order valence-corrected chi connectivity index (χ3v) is 3.67. The second-order valence-corrected chi connectivity index (χ2v) is 5.43. The van der Waals surface area contributed by atoms with Crippen molar-refractivity contribution < 1.29 is 50.3 Å². The van der Waals surface area contributed by atoms with E-state index in [1.165, 1.54) is 0 Å². The minimum Gasteiger partial charge on any atom is -0.395 e. The second-order valence-electron chi connectivity index (χ2n) is 5.43. The maximum absolute atomic E-state index is 9.72. The maximum Gasteiger partial charge on any atom is 0.186 e. The average Bonchev–Trinajstić information content (AvgIpc) is 2.56. The molecule has 1 heterocycles. The summed E-state index contributed by atoms with van der Waals surface area (Å²) in [6, 6.07) is -1.17. The Kier molecular flexibility index (Phi) is 8.20. The largest absolute Gasteiger partial charge is 0.395 e. The molecule has 0 aromatic heterocycles. The first-order valence-electron chi connectivity index (χ1n) is 7.07. The van der Waals surface area contributed by atoms with Gasteiger partial charge in [0.25, 0.3) is 0 Å². The molecule has 138 valence electrons. The Morgan fingerprint density at radius 3 is 2.09 bits per heavy atom. The second kappa shape index (κ2) is 9.15. The summed E-state index contributed by atoms with van der Waals surface area (Å²) in [5.74, 6) is 0. The molecule has 11 heteroatoms. The number of ether oxygens (including phenoxy) is 2. The van der Waals surface area contributed by atoms with Gasteiger partial charge in [-0.1, -0.05) is 0 Å². The minimum absolute atomic E-state index is 0.612. The SMILES string of the molecule is NC(CO)[C@@H](O)[C@H](O)[C@@H](O)CO[C@H]1O[C@H](CO)[C@@H](O)[C@H](O)[C@H]1O. The van der Waals surface area contributed by atoms with E-state index < -0.39 is 74.9 Å². The lowest BCUT2D eigenvalue weighted by Crippen LogP contribution is -2.59. The molecule has 9 atom stereocenters. The van der Waals surface area contributed by atoms with Crippen LogP contribution in [0.4, 0.5) is 0 Å². The molecule has 0 amide bonds. The molecule has 1 rings (SSSR count). The molecule has 0 aromatic carbocycles. The lowest BCUT2D eigenvalue weighted by atomic mass is 9.99. The number of rotatable bonds is 8. The van der Waals surface area contributed by atoms with Crippen LogP contribution in [0, 0.1) is 0 Å². The van der Waals surface area contributed by atoms with Crippen LogP contribution in [-0.2, 0) is 9.47 Å². The Labute approximate surface area is 132 Å². The number of aliphatic hydroxyl groups is 8. The Hall–Kier alpha value is -0.440. The summed E-state index contributed by atoms with van der Waals surface area (Å²) in [6.45, 7) is -1.86. The van der Waals surface area contributed by atoms with E-state index in [0.29, 0.717) is 0 Å². The first kappa shape index (κ1) is 20.6. The highest BCUT2D eigenvalue weighted by molar-refractivity contribution is 4.89. The molecule has 23 heavy (non-hydrogen) atoms. The van der Waals surface area contributed by atoms with Gasteiger partial charge in [0.2, 0.25) is 0 Å². The highest BCUT2D eigenvalue weighted by Gasteiger charge is 2.44. The fraction of sp³-hybridized carbons (Fsp3) is 1.00. The number of hydrogen-bond donors (Lipinski definition) is 9. The van der Waals surface area contributed by atoms with Crippen molar-refractivity contribution in [1.82, 2.24) is 0 Å². The topological polar surface area (TPSA) is 206 Å². The lowest BCUT2D eigenvalue weighted by Gasteiger charge is -2.40. The zero-order valence-electron chi connectivity index (χ0n) is 12.3. The predicted molar refractivity (Wildman–Crippen MR) is 72.8 cm³/mol. The van der Waals surface area contributed by atoms with E-state index in [0.717, 1.165) is 0 Å². The van der Waals surface area contributed by atoms with Crippen molar-refractivity contribution in [3.63, 3.8) is 0 Å². The van der Waals surface area contributed by atoms with E-state index in [-0.39, 0.29) is 0 Å². The van der Waals surface area contributed by atoms with Crippen LogP contribution in [-0.4, -0.2) is 116 Å². The molecule has 1 saturated heterocycles. The zero-order valence-corrected chi connectivity index (χ0v) is 12.3. The summed E-state index contributed by atoms with van der Waals surface area (Å²) in [5, 5.41) is 75.6. The van der Waals surface area contributed by atoms with E-state index in [2.05, 4.69) is 0 Å². The molecule has 1 aliphatic heterocycles. The van der Waals surface area contributed by atoms with Gasteiger partial charge in [-0.2, -0.15) is 0 Å². The van der Waals surface area contributed by atoms with Gasteiger partial charge < -0.3 is 56.1 Å². The van der Waals surface area contributed by atoms with Gasteiger partial charge in [0.05, 0.1) is 32.0 Å². The molecule has 0 bridgehead atoms. The Balaban J connectivity index is 2.55. The molecule has 0 spiro atoms. The Morgan fingerprint density at radius 1 is 0.957 bits per heavy atom. The van der Waals surface area contributed by atoms with Gasteiger partial charge in [0.15, 0.2) is 6.29 Å². The van der Waals surface area contributed by atoms with Crippen LogP contribution in [0.2, 0.25) is 0 Å². The van der Waals surface area contributed by atoms with Crippen LogP contribution in [0.25, 0.3) is 0 Å². The molecule has 11 nitrogen and oxygen atoms in total. The molecule has 0 aromatic rings. The van der Waals surface area contributed by atoms with E-state index in [1.807, 2.05) is 0 Å². The Morgan fingerprint density at radius 2 is 1.57 bits per heavy atom. The minimum atomic E-state index is -1.73. The molecular weight excluding hydrogens is 318 g/mol. The van der Waals surface area contributed by atoms with E-state index in [9.17, 15) is 30.6 Å². The molecule has 0 radical (unpaired) electrons. The summed E-state index contributed by atoms with van der Waals surface area (Å²) in [4.78, 5) is 0. The van der Waals surface area contributed by atoms with Crippen molar-refractivity contribution in [3.05, 3.63) is 0 Å². The zero-order chi connectivity index (χ0) is 17.7. The smallest absolute Gasteiger partial charge is 0.186 e. The van der Waals surface area contributed by atoms with Crippen LogP contribution in [0.1, 0.15) is 0 Å². The van der Waals surface area contributed by atoms with Gasteiger partial charge >= 0.3 is 0 Å². The standard InChI is InChI=1S/C12H25NO10/c13-4(1-14)7(17)8(18)5(16)3-22-12-11(21)10(20)9(19)6(2-15)23-12/h4-12,14-21H,1-3,13H2/t4?,5-,6+,7+,8+,9+,10-,11+,12-/m0/s1. The van der Waals surface area contributed by atoms with Gasteiger partial charge in [0.1, 0.15) is 36.6 Å². The summed E-state index contributed by atoms with van der Waals surface area (Å²) in [6.07, 6.45) is -12.5. The molecule has 1 aliphatic rings. The van der Waals surface area contributed by atoms with Gasteiger partial charge in [-0.3, -0.25) is 0 Å². The summed E-state index contributed by atoms with van der Waals surface area (Å²) in [5.41, 5.74) is 5.32. The third kappa shape index (κ3) is 5.01. The summed E-state index contributed by atoms with van der Waals surface area (Å²) in [7, 11) is 0. The normalized spacial score (nSPS) is 37.2. The van der Waals surface area contributed by atoms with Crippen LogP contribution in [0.3, 0.4) is 0 Å². The summed E-state index contributed by atoms with van der Waals surface area (Å²) < 4.78 is 10.1. The van der Waals surface area contributed by atoms with E-state index in [1.54, 1.807) is 0 Å². The Bertz CT molecular complexity index is 346. The van der Waals surface area contributed by atoms with Crippen molar-refractivity contribution in [1.29, 1.82) is 0 Å². The predicted octanol–water partition coefficient (Wildman–Crippen LogP) is -5.79. The first-order chi connectivity index (χ1) is 10.7. The van der Waals surface area contributed by atoms with Crippen molar-refractivity contribution in [3.8, 4) is 0 Å². The van der Waals surface area contributed by atoms with Crippen LogP contribution >= 0.6 is 0 Å². The average molecular weight is 343 g/mol. The first-order valence-corrected chi connectivity index (χ1v) is 7.07. The van der Waals surface area contributed by atoms with Crippen LogP contribution in [0.15, 0.2) is 0 Å². The monoisotopic (exact) mass is 343 g/mol. The van der Waals surface area contributed by atoms with Gasteiger partial charge in [-0.05, 0) is 0 Å². The third-order valence-electron chi connectivity index (χ3n) is 3.67. The van der Waals surface area contributed by atoms with Crippen molar-refractivity contribution in [2.45, 2.75) is 55.1 Å². The van der Waals surface area contributed by atoms with Crippen LogP contribution < -0.4 is 5.73 Å². The van der Waals surface area contributed by atoms with Gasteiger partial charge in [-0.15, -0.1) is 0 Å². The highest BCUT2D eigenvalue weighted by Crippen LogP contribution is 2.22. The van der Waals surface area contributed by atoms with Crippen LogP contribution in [0.5, 0.6) is 0 Å². The van der Waals surface area contributed by atoms with Gasteiger partial charge in [-0.25, -0.2) is 0 Å². The van der Waals surface area contributed by atoms with Crippen molar-refractivity contribution >= 4 is 0 Å². The van der Waals surface area contributed by atoms with Crippen molar-refractivity contribution in [2.75, 3.05) is 19.8 Å². The molecule has 0 saturated carbocycles. The molecule has 1 unspecified atom stereocenters. The molecular formula is C12H25NO10. The van der Waals surface area contributed by atoms with Gasteiger partial charge in [0, 0.05) is 0 Å². The summed E-state index contributed by atoms with van der Waals surface area (Å²) >= 11 is 0.